The summed E-state index contributed by atoms with van der Waals surface area (Å²) in [6.07, 6.45) is 2.82. The first kappa shape index (κ1) is 13.5. The highest BCUT2D eigenvalue weighted by Gasteiger charge is 2.03. The van der Waals surface area contributed by atoms with Crippen molar-refractivity contribution in [2.45, 2.75) is 34.1 Å². The quantitative estimate of drug-likeness (QED) is 0.686. The van der Waals surface area contributed by atoms with Crippen molar-refractivity contribution in [1.29, 1.82) is 0 Å². The van der Waals surface area contributed by atoms with Crippen molar-refractivity contribution >= 4 is 11.9 Å². The number of hydrogen-bond donors (Lipinski definition) is 0. The van der Waals surface area contributed by atoms with Gasteiger partial charge in [-0.05, 0) is 62.4 Å². The van der Waals surface area contributed by atoms with Crippen LogP contribution in [0.2, 0.25) is 0 Å². The third kappa shape index (κ3) is 3.31. The molecule has 0 aliphatic rings. The van der Waals surface area contributed by atoms with Crippen LogP contribution in [-0.4, -0.2) is 6.21 Å². The highest BCUT2D eigenvalue weighted by Crippen LogP contribution is 2.23. The van der Waals surface area contributed by atoms with Gasteiger partial charge in [0.2, 0.25) is 0 Å². The van der Waals surface area contributed by atoms with E-state index >= 15 is 0 Å². The van der Waals surface area contributed by atoms with E-state index in [0.717, 1.165) is 12.1 Å². The Morgan fingerprint density at radius 3 is 2.42 bits per heavy atom. The molecule has 0 aliphatic carbocycles. The van der Waals surface area contributed by atoms with Gasteiger partial charge >= 0.3 is 0 Å². The van der Waals surface area contributed by atoms with E-state index in [-0.39, 0.29) is 0 Å². The predicted molar refractivity (Wildman–Crippen MR) is 83.7 cm³/mol. The first-order valence-electron chi connectivity index (χ1n) is 6.74. The molecule has 0 radical (unpaired) electrons. The number of aliphatic imine (C=N–C) groups is 1. The summed E-state index contributed by atoms with van der Waals surface area (Å²) in [5.74, 6) is 0. The van der Waals surface area contributed by atoms with Crippen LogP contribution in [0.25, 0.3) is 0 Å². The monoisotopic (exact) mass is 251 g/mol. The van der Waals surface area contributed by atoms with E-state index in [9.17, 15) is 0 Å². The molecule has 2 rings (SSSR count). The van der Waals surface area contributed by atoms with Gasteiger partial charge in [-0.15, -0.1) is 0 Å². The molecule has 1 heteroatoms. The van der Waals surface area contributed by atoms with Gasteiger partial charge in [0, 0.05) is 6.21 Å². The topological polar surface area (TPSA) is 12.4 Å². The van der Waals surface area contributed by atoms with Crippen molar-refractivity contribution in [2.24, 2.45) is 4.99 Å². The van der Waals surface area contributed by atoms with Gasteiger partial charge in [-0.2, -0.15) is 0 Å². The van der Waals surface area contributed by atoms with E-state index in [1.807, 2.05) is 13.1 Å². The second kappa shape index (κ2) is 5.83. The van der Waals surface area contributed by atoms with Gasteiger partial charge in [0.1, 0.15) is 0 Å². The van der Waals surface area contributed by atoms with Crippen LogP contribution in [0.15, 0.2) is 41.4 Å². The zero-order valence-corrected chi connectivity index (χ0v) is 12.2. The van der Waals surface area contributed by atoms with Crippen molar-refractivity contribution in [3.05, 3.63) is 64.2 Å². The summed E-state index contributed by atoms with van der Waals surface area (Å²) < 4.78 is 0. The summed E-state index contributed by atoms with van der Waals surface area (Å²) in [5, 5.41) is 0. The van der Waals surface area contributed by atoms with Gasteiger partial charge in [0.05, 0.1) is 5.69 Å². The summed E-state index contributed by atoms with van der Waals surface area (Å²) in [4.78, 5) is 4.42. The lowest BCUT2D eigenvalue weighted by Gasteiger charge is -2.09. The molecular formula is C18H21N. The average Bonchev–Trinajstić information content (AvgIpc) is 2.37. The van der Waals surface area contributed by atoms with E-state index in [1.54, 1.807) is 0 Å². The minimum atomic E-state index is 0.971. The predicted octanol–water partition coefficient (Wildman–Crippen LogP) is 4.92. The lowest BCUT2D eigenvalue weighted by atomic mass is 9.98. The molecule has 0 spiro atoms. The van der Waals surface area contributed by atoms with Gasteiger partial charge in [-0.1, -0.05) is 35.9 Å². The fraction of sp³-hybridized carbons (Fsp3) is 0.278. The molecule has 0 unspecified atom stereocenters. The number of aryl methyl sites for hydroxylation is 3. The molecule has 0 fully saturated rings. The largest absolute Gasteiger partial charge is 0.261 e. The van der Waals surface area contributed by atoms with Crippen LogP contribution in [0.4, 0.5) is 5.69 Å². The van der Waals surface area contributed by atoms with E-state index in [0.29, 0.717) is 0 Å². The van der Waals surface area contributed by atoms with Crippen LogP contribution in [0.5, 0.6) is 0 Å². The summed E-state index contributed by atoms with van der Waals surface area (Å²) in [6.45, 7) is 8.37. The Morgan fingerprint density at radius 1 is 0.947 bits per heavy atom. The van der Waals surface area contributed by atoms with Crippen LogP contribution in [0.3, 0.4) is 0 Å². The molecule has 0 atom stereocenters. The lowest BCUT2D eigenvalue weighted by molar-refractivity contribution is 1.14. The fourth-order valence-electron chi connectivity index (χ4n) is 2.31. The third-order valence-electron chi connectivity index (χ3n) is 3.43. The second-order valence-corrected chi connectivity index (χ2v) is 5.11. The normalized spacial score (nSPS) is 11.2. The Morgan fingerprint density at radius 2 is 1.74 bits per heavy atom. The number of nitrogens with zero attached hydrogens (tertiary/aromatic N) is 1. The Hall–Kier alpha value is -1.89. The van der Waals surface area contributed by atoms with Crippen LogP contribution in [0.1, 0.15) is 34.7 Å². The summed E-state index contributed by atoms with van der Waals surface area (Å²) in [5.41, 5.74) is 7.69. The van der Waals surface area contributed by atoms with Gasteiger partial charge in [0.25, 0.3) is 0 Å². The van der Waals surface area contributed by atoms with E-state index in [1.165, 1.54) is 27.8 Å². The lowest BCUT2D eigenvalue weighted by Crippen LogP contribution is -1.93. The zero-order valence-electron chi connectivity index (χ0n) is 12.2. The van der Waals surface area contributed by atoms with Crippen LogP contribution in [-0.2, 0) is 6.42 Å². The van der Waals surface area contributed by atoms with Crippen molar-refractivity contribution in [2.75, 3.05) is 0 Å². The van der Waals surface area contributed by atoms with E-state index < -0.39 is 0 Å². The molecule has 0 saturated heterocycles. The maximum Gasteiger partial charge on any atom is 0.0657 e. The maximum absolute atomic E-state index is 4.42. The van der Waals surface area contributed by atoms with Crippen molar-refractivity contribution in [3.8, 4) is 0 Å². The Balaban J connectivity index is 2.30. The fourth-order valence-corrected chi connectivity index (χ4v) is 2.31. The van der Waals surface area contributed by atoms with Crippen molar-refractivity contribution in [3.63, 3.8) is 0 Å². The number of hydrogen-bond acceptors (Lipinski definition) is 1. The molecule has 98 valence electrons. The van der Waals surface area contributed by atoms with Crippen LogP contribution in [0, 0.1) is 20.8 Å². The highest BCUT2D eigenvalue weighted by molar-refractivity contribution is 5.63. The molecule has 19 heavy (non-hydrogen) atoms. The first-order valence-corrected chi connectivity index (χ1v) is 6.74. The Bertz CT molecular complexity index is 609. The Labute approximate surface area is 116 Å². The zero-order chi connectivity index (χ0) is 13.8. The standard InChI is InChI=1S/C18H21N/c1-5-19-18-12-16(8-7-14(18)3)11-17-9-6-13(2)10-15(17)4/h5-10,12H,11H2,1-4H3/b19-5-. The second-order valence-electron chi connectivity index (χ2n) is 5.11. The highest BCUT2D eigenvalue weighted by atomic mass is 14.7. The molecule has 0 saturated carbocycles. The molecule has 0 aliphatic heterocycles. The minimum absolute atomic E-state index is 0.971. The summed E-state index contributed by atoms with van der Waals surface area (Å²) in [7, 11) is 0. The number of benzene rings is 2. The van der Waals surface area contributed by atoms with Gasteiger partial charge in [-0.25, -0.2) is 0 Å². The molecule has 2 aromatic rings. The molecule has 1 nitrogen and oxygen atoms in total. The molecule has 0 heterocycles. The van der Waals surface area contributed by atoms with Crippen LogP contribution < -0.4 is 0 Å². The van der Waals surface area contributed by atoms with Gasteiger partial charge in [0.15, 0.2) is 0 Å². The molecule has 0 bridgehead atoms. The summed E-state index contributed by atoms with van der Waals surface area (Å²) in [6, 6.07) is 13.2. The smallest absolute Gasteiger partial charge is 0.0657 e. The van der Waals surface area contributed by atoms with Gasteiger partial charge < -0.3 is 0 Å². The SMILES string of the molecule is C/C=N\c1cc(Cc2ccc(C)cc2C)ccc1C. The number of rotatable bonds is 3. The molecular weight excluding hydrogens is 230 g/mol. The summed E-state index contributed by atoms with van der Waals surface area (Å²) >= 11 is 0. The van der Waals surface area contributed by atoms with Gasteiger partial charge in [-0.3, -0.25) is 4.99 Å². The molecule has 2 aromatic carbocycles. The van der Waals surface area contributed by atoms with E-state index in [2.05, 4.69) is 62.2 Å². The first-order chi connectivity index (χ1) is 9.10. The maximum atomic E-state index is 4.42. The third-order valence-corrected chi connectivity index (χ3v) is 3.43. The molecule has 0 aromatic heterocycles. The molecule has 0 N–H and O–H groups in total. The van der Waals surface area contributed by atoms with Crippen LogP contribution >= 0.6 is 0 Å². The minimum Gasteiger partial charge on any atom is -0.261 e. The van der Waals surface area contributed by atoms with Crippen molar-refractivity contribution < 1.29 is 0 Å². The average molecular weight is 251 g/mol. The van der Waals surface area contributed by atoms with Crippen molar-refractivity contribution in [1.82, 2.24) is 0 Å². The Kier molecular flexibility index (Phi) is 4.16. The van der Waals surface area contributed by atoms with E-state index in [4.69, 9.17) is 0 Å². The molecule has 0 amide bonds.